The fourth-order valence-electron chi connectivity index (χ4n) is 2.63. The summed E-state index contributed by atoms with van der Waals surface area (Å²) in [5.41, 5.74) is 1.81. The number of nitrogens with one attached hydrogen (secondary N) is 2. The second-order valence-electron chi connectivity index (χ2n) is 5.81. The number of carbonyl (C=O) groups excluding carboxylic acids is 1. The monoisotopic (exact) mass is 356 g/mol. The van der Waals surface area contributed by atoms with Gasteiger partial charge in [0.05, 0.1) is 23.9 Å². The molecule has 1 heterocycles. The minimum atomic E-state index is 0.00290. The third-order valence-corrected chi connectivity index (χ3v) is 5.06. The first-order valence-corrected chi connectivity index (χ1v) is 9.11. The van der Waals surface area contributed by atoms with E-state index in [0.29, 0.717) is 6.54 Å². The van der Waals surface area contributed by atoms with Gasteiger partial charge in [0.2, 0.25) is 0 Å². The van der Waals surface area contributed by atoms with E-state index < -0.39 is 0 Å². The van der Waals surface area contributed by atoms with Gasteiger partial charge in [-0.1, -0.05) is 12.1 Å². The number of rotatable bonds is 7. The zero-order valence-corrected chi connectivity index (χ0v) is 15.2. The lowest BCUT2D eigenvalue weighted by atomic mass is 10.3. The van der Waals surface area contributed by atoms with Crippen molar-refractivity contribution in [2.45, 2.75) is 13.5 Å². The summed E-state index contributed by atoms with van der Waals surface area (Å²) in [7, 11) is 1.62. The number of ether oxygens (including phenoxy) is 1. The molecule has 2 N–H and O–H groups in total. The zero-order chi connectivity index (χ0) is 17.6. The summed E-state index contributed by atoms with van der Waals surface area (Å²) in [6.07, 6.45) is 0. The standard InChI is InChI=1S/C19H21N3O2S/c1-3-22(13-19-21-16-6-4-5-7-17(16)25-19)12-18(23)20-14-8-10-15(24-2)11-9-14/h4-11H,3,12-13H2,1-2H3,(H,20,23)/p+1. The third kappa shape index (κ3) is 4.55. The molecular weight excluding hydrogens is 334 g/mol. The van der Waals surface area contributed by atoms with E-state index >= 15 is 0 Å². The average molecular weight is 356 g/mol. The van der Waals surface area contributed by atoms with Gasteiger partial charge < -0.3 is 15.0 Å². The minimum absolute atomic E-state index is 0.00290. The van der Waals surface area contributed by atoms with Crippen LogP contribution >= 0.6 is 11.3 Å². The highest BCUT2D eigenvalue weighted by atomic mass is 32.1. The Kier molecular flexibility index (Phi) is 5.63. The lowest BCUT2D eigenvalue weighted by Crippen LogP contribution is -3.11. The molecule has 0 aliphatic heterocycles. The molecule has 0 fully saturated rings. The first-order valence-electron chi connectivity index (χ1n) is 8.30. The number of methoxy groups -OCH3 is 1. The maximum absolute atomic E-state index is 12.3. The summed E-state index contributed by atoms with van der Waals surface area (Å²) in [6.45, 7) is 4.12. The highest BCUT2D eigenvalue weighted by Gasteiger charge is 2.16. The van der Waals surface area contributed by atoms with Gasteiger partial charge >= 0.3 is 0 Å². The van der Waals surface area contributed by atoms with E-state index in [9.17, 15) is 4.79 Å². The van der Waals surface area contributed by atoms with Crippen molar-refractivity contribution in [3.8, 4) is 5.75 Å². The second kappa shape index (κ2) is 8.09. The normalized spacial score (nSPS) is 12.1. The highest BCUT2D eigenvalue weighted by molar-refractivity contribution is 7.18. The van der Waals surface area contributed by atoms with Crippen LogP contribution < -0.4 is 15.0 Å². The van der Waals surface area contributed by atoms with Gasteiger partial charge in [0.1, 0.15) is 17.3 Å². The molecule has 1 aromatic heterocycles. The van der Waals surface area contributed by atoms with Crippen LogP contribution in [0, 0.1) is 0 Å². The Morgan fingerprint density at radius 2 is 1.96 bits per heavy atom. The van der Waals surface area contributed by atoms with Gasteiger partial charge in [-0.3, -0.25) is 4.79 Å². The number of benzene rings is 2. The van der Waals surface area contributed by atoms with E-state index in [-0.39, 0.29) is 5.91 Å². The van der Waals surface area contributed by atoms with Crippen LogP contribution in [0.3, 0.4) is 0 Å². The number of nitrogens with zero attached hydrogens (tertiary/aromatic N) is 1. The molecule has 0 saturated carbocycles. The van der Waals surface area contributed by atoms with E-state index in [1.165, 1.54) is 9.60 Å². The zero-order valence-electron chi connectivity index (χ0n) is 14.4. The van der Waals surface area contributed by atoms with Gasteiger partial charge in [0.25, 0.3) is 5.91 Å². The Morgan fingerprint density at radius 3 is 2.64 bits per heavy atom. The Balaban J connectivity index is 1.59. The van der Waals surface area contributed by atoms with E-state index in [0.717, 1.165) is 35.1 Å². The number of quaternary nitrogens is 1. The minimum Gasteiger partial charge on any atom is -0.497 e. The quantitative estimate of drug-likeness (QED) is 0.683. The number of carbonyl (C=O) groups is 1. The van der Waals surface area contributed by atoms with Crippen LogP contribution in [0.15, 0.2) is 48.5 Å². The summed E-state index contributed by atoms with van der Waals surface area (Å²) >= 11 is 1.70. The maximum Gasteiger partial charge on any atom is 0.279 e. The number of hydrogen-bond donors (Lipinski definition) is 2. The molecule has 2 aromatic carbocycles. The molecular formula is C19H22N3O2S+. The van der Waals surface area contributed by atoms with Gasteiger partial charge in [-0.25, -0.2) is 4.98 Å². The Hall–Kier alpha value is -2.44. The molecule has 0 spiro atoms. The smallest absolute Gasteiger partial charge is 0.279 e. The molecule has 25 heavy (non-hydrogen) atoms. The summed E-state index contributed by atoms with van der Waals surface area (Å²) in [6, 6.07) is 15.5. The van der Waals surface area contributed by atoms with Gasteiger partial charge in [-0.2, -0.15) is 0 Å². The van der Waals surface area contributed by atoms with Crippen LogP contribution in [-0.2, 0) is 11.3 Å². The molecule has 1 atom stereocenters. The SMILES string of the molecule is CC[NH+](CC(=O)Nc1ccc(OC)cc1)Cc1nc2ccccc2s1. The second-order valence-corrected chi connectivity index (χ2v) is 6.92. The van der Waals surface area contributed by atoms with Crippen molar-refractivity contribution in [3.63, 3.8) is 0 Å². The number of anilines is 1. The van der Waals surface area contributed by atoms with Gasteiger partial charge in [-0.05, 0) is 43.3 Å². The molecule has 1 unspecified atom stereocenters. The molecule has 6 heteroatoms. The number of likely N-dealkylation sites (N-methyl/N-ethyl adjacent to an activating group) is 1. The topological polar surface area (TPSA) is 55.7 Å². The van der Waals surface area contributed by atoms with Crippen molar-refractivity contribution >= 4 is 33.1 Å². The molecule has 130 valence electrons. The van der Waals surface area contributed by atoms with Gasteiger partial charge in [-0.15, -0.1) is 11.3 Å². The number of amides is 1. The summed E-state index contributed by atoms with van der Waals surface area (Å²) < 4.78 is 6.32. The number of aromatic nitrogens is 1. The first kappa shape index (κ1) is 17.4. The fourth-order valence-corrected chi connectivity index (χ4v) is 3.67. The van der Waals surface area contributed by atoms with Crippen molar-refractivity contribution in [1.82, 2.24) is 4.98 Å². The van der Waals surface area contributed by atoms with Crippen LogP contribution in [0.5, 0.6) is 5.75 Å². The van der Waals surface area contributed by atoms with E-state index in [2.05, 4.69) is 23.3 Å². The Morgan fingerprint density at radius 1 is 1.20 bits per heavy atom. The predicted molar refractivity (Wildman–Crippen MR) is 101 cm³/mol. The average Bonchev–Trinajstić information content (AvgIpc) is 3.04. The molecule has 0 aliphatic rings. The molecule has 0 radical (unpaired) electrons. The summed E-state index contributed by atoms with van der Waals surface area (Å²) in [4.78, 5) is 18.2. The molecule has 1 amide bonds. The van der Waals surface area contributed by atoms with Crippen LogP contribution in [0.2, 0.25) is 0 Å². The van der Waals surface area contributed by atoms with Crippen molar-refractivity contribution in [1.29, 1.82) is 0 Å². The van der Waals surface area contributed by atoms with Gasteiger partial charge in [0.15, 0.2) is 6.54 Å². The predicted octanol–water partition coefficient (Wildman–Crippen LogP) is 2.35. The number of thiazole rings is 1. The summed E-state index contributed by atoms with van der Waals surface area (Å²) in [5, 5.41) is 4.00. The first-order chi connectivity index (χ1) is 12.2. The maximum atomic E-state index is 12.3. The van der Waals surface area contributed by atoms with Crippen molar-refractivity contribution in [2.24, 2.45) is 0 Å². The lowest BCUT2D eigenvalue weighted by Gasteiger charge is -2.16. The van der Waals surface area contributed by atoms with E-state index in [1.807, 2.05) is 42.5 Å². The van der Waals surface area contributed by atoms with Gasteiger partial charge in [0, 0.05) is 5.69 Å². The number of hydrogen-bond acceptors (Lipinski definition) is 4. The molecule has 5 nitrogen and oxygen atoms in total. The molecule has 0 aliphatic carbocycles. The van der Waals surface area contributed by atoms with Crippen LogP contribution in [0.1, 0.15) is 11.9 Å². The summed E-state index contributed by atoms with van der Waals surface area (Å²) in [5.74, 6) is 0.776. The van der Waals surface area contributed by atoms with Crippen LogP contribution in [0.25, 0.3) is 10.2 Å². The highest BCUT2D eigenvalue weighted by Crippen LogP contribution is 2.20. The third-order valence-electron chi connectivity index (χ3n) is 4.02. The van der Waals surface area contributed by atoms with Crippen LogP contribution in [0.4, 0.5) is 5.69 Å². The molecule has 3 rings (SSSR count). The van der Waals surface area contributed by atoms with Crippen molar-refractivity contribution in [2.75, 3.05) is 25.5 Å². The molecule has 0 bridgehead atoms. The Bertz CT molecular complexity index is 812. The number of fused-ring (bicyclic) bond motifs is 1. The lowest BCUT2D eigenvalue weighted by molar-refractivity contribution is -0.903. The fraction of sp³-hybridized carbons (Fsp3) is 0.263. The molecule has 0 saturated heterocycles. The Labute approximate surface area is 151 Å². The van der Waals surface area contributed by atoms with Crippen molar-refractivity contribution < 1.29 is 14.4 Å². The van der Waals surface area contributed by atoms with Crippen LogP contribution in [-0.4, -0.2) is 31.1 Å². The van der Waals surface area contributed by atoms with E-state index in [4.69, 9.17) is 4.74 Å². The number of para-hydroxylation sites is 1. The molecule has 3 aromatic rings. The van der Waals surface area contributed by atoms with Crippen molar-refractivity contribution in [3.05, 3.63) is 53.5 Å². The largest absolute Gasteiger partial charge is 0.497 e. The van der Waals surface area contributed by atoms with E-state index in [1.54, 1.807) is 18.4 Å².